The van der Waals surface area contributed by atoms with E-state index < -0.39 is 0 Å². The third-order valence-corrected chi connectivity index (χ3v) is 4.99. The molecule has 0 bridgehead atoms. The monoisotopic (exact) mass is 372 g/mol. The van der Waals surface area contributed by atoms with Crippen LogP contribution < -0.4 is 5.32 Å². The Morgan fingerprint density at radius 2 is 2.13 bits per heavy atom. The maximum Gasteiger partial charge on any atom is 0.230 e. The van der Waals surface area contributed by atoms with Crippen LogP contribution in [0, 0.1) is 13.8 Å². The molecule has 0 aliphatic heterocycles. The van der Waals surface area contributed by atoms with E-state index in [1.807, 2.05) is 26.8 Å². The van der Waals surface area contributed by atoms with Crippen molar-refractivity contribution < 1.29 is 9.32 Å². The Labute approximate surface area is 149 Å². The highest BCUT2D eigenvalue weighted by Crippen LogP contribution is 2.26. The molecule has 1 aromatic carbocycles. The third-order valence-electron chi connectivity index (χ3n) is 3.47. The molecule has 0 radical (unpaired) electrons. The Morgan fingerprint density at radius 3 is 2.74 bits per heavy atom. The number of carbonyl (C=O) groups excluding carboxylic acids is 1. The number of benzene rings is 1. The fourth-order valence-corrected chi connectivity index (χ4v) is 3.73. The van der Waals surface area contributed by atoms with Crippen LogP contribution in [-0.2, 0) is 10.5 Å². The highest BCUT2D eigenvalue weighted by molar-refractivity contribution is 7.99. The van der Waals surface area contributed by atoms with Gasteiger partial charge in [-0.2, -0.15) is 0 Å². The van der Waals surface area contributed by atoms with Crippen molar-refractivity contribution in [3.05, 3.63) is 50.8 Å². The molecule has 124 valence electrons. The number of halogens is 2. The smallest absolute Gasteiger partial charge is 0.230 e. The van der Waals surface area contributed by atoms with E-state index in [-0.39, 0.29) is 11.9 Å². The number of nitrogens with zero attached hydrogens (tertiary/aromatic N) is 1. The molecule has 0 saturated carbocycles. The first-order valence-corrected chi connectivity index (χ1v) is 9.03. The maximum atomic E-state index is 12.1. The largest absolute Gasteiger partial charge is 0.361 e. The van der Waals surface area contributed by atoms with Crippen LogP contribution in [0.25, 0.3) is 0 Å². The summed E-state index contributed by atoms with van der Waals surface area (Å²) in [4.78, 5) is 12.1. The topological polar surface area (TPSA) is 55.1 Å². The summed E-state index contributed by atoms with van der Waals surface area (Å²) < 4.78 is 5.11. The van der Waals surface area contributed by atoms with Crippen LogP contribution in [-0.4, -0.2) is 16.8 Å². The Balaban J connectivity index is 1.85. The van der Waals surface area contributed by atoms with Gasteiger partial charge in [0.1, 0.15) is 5.76 Å². The Kier molecular flexibility index (Phi) is 6.39. The number of aryl methyl sites for hydroxylation is 2. The number of nitrogens with one attached hydrogen (secondary N) is 1. The lowest BCUT2D eigenvalue weighted by atomic mass is 10.1. The molecular weight excluding hydrogens is 355 g/mol. The van der Waals surface area contributed by atoms with Gasteiger partial charge in [-0.05, 0) is 38.5 Å². The van der Waals surface area contributed by atoms with E-state index in [2.05, 4.69) is 10.5 Å². The molecule has 0 aliphatic carbocycles. The van der Waals surface area contributed by atoms with Gasteiger partial charge < -0.3 is 9.84 Å². The summed E-state index contributed by atoms with van der Waals surface area (Å²) in [6.45, 7) is 5.67. The molecule has 1 amide bonds. The summed E-state index contributed by atoms with van der Waals surface area (Å²) in [5.74, 6) is 1.82. The first-order chi connectivity index (χ1) is 10.9. The van der Waals surface area contributed by atoms with Crippen LogP contribution in [0.4, 0.5) is 0 Å². The average molecular weight is 373 g/mol. The molecule has 23 heavy (non-hydrogen) atoms. The predicted octanol–water partition coefficient (Wildman–Crippen LogP) is 4.71. The third kappa shape index (κ3) is 4.90. The van der Waals surface area contributed by atoms with Gasteiger partial charge in [0, 0.05) is 21.4 Å². The van der Waals surface area contributed by atoms with Crippen LogP contribution >= 0.6 is 35.0 Å². The molecule has 2 aromatic rings. The first kappa shape index (κ1) is 18.2. The zero-order valence-electron chi connectivity index (χ0n) is 13.2. The van der Waals surface area contributed by atoms with Gasteiger partial charge in [0.2, 0.25) is 5.91 Å². The first-order valence-electron chi connectivity index (χ1n) is 7.12. The van der Waals surface area contributed by atoms with Gasteiger partial charge in [-0.25, -0.2) is 0 Å². The summed E-state index contributed by atoms with van der Waals surface area (Å²) in [6.07, 6.45) is 0. The van der Waals surface area contributed by atoms with Crippen molar-refractivity contribution in [3.8, 4) is 0 Å². The maximum absolute atomic E-state index is 12.1. The quantitative estimate of drug-likeness (QED) is 0.797. The SMILES string of the molecule is Cc1noc(C)c1CSCC(=O)NC(C)c1ccc(Cl)cc1Cl. The zero-order valence-corrected chi connectivity index (χ0v) is 15.5. The van der Waals surface area contributed by atoms with Crippen molar-refractivity contribution in [1.29, 1.82) is 0 Å². The molecule has 0 spiro atoms. The number of thioether (sulfide) groups is 1. The second kappa shape index (κ2) is 8.08. The second-order valence-electron chi connectivity index (χ2n) is 5.25. The van der Waals surface area contributed by atoms with E-state index in [4.69, 9.17) is 27.7 Å². The van der Waals surface area contributed by atoms with E-state index in [9.17, 15) is 4.79 Å². The summed E-state index contributed by atoms with van der Waals surface area (Å²) in [5, 5.41) is 7.97. The standard InChI is InChI=1S/C16H18Cl2N2O2S/c1-9(13-5-4-12(17)6-15(13)18)19-16(21)8-23-7-14-10(2)20-22-11(14)3/h4-6,9H,7-8H2,1-3H3,(H,19,21). The van der Waals surface area contributed by atoms with E-state index in [0.717, 1.165) is 22.6 Å². The minimum absolute atomic E-state index is 0.0414. The molecule has 1 heterocycles. The number of carbonyl (C=O) groups is 1. The molecule has 1 atom stereocenters. The number of amides is 1. The van der Waals surface area contributed by atoms with Crippen LogP contribution in [0.5, 0.6) is 0 Å². The Morgan fingerprint density at radius 1 is 1.39 bits per heavy atom. The van der Waals surface area contributed by atoms with Gasteiger partial charge in [0.25, 0.3) is 0 Å². The van der Waals surface area contributed by atoms with Crippen molar-refractivity contribution in [3.63, 3.8) is 0 Å². The molecule has 1 N–H and O–H groups in total. The molecule has 0 saturated heterocycles. The van der Waals surface area contributed by atoms with Crippen molar-refractivity contribution in [1.82, 2.24) is 10.5 Å². The van der Waals surface area contributed by atoms with Gasteiger partial charge in [0.15, 0.2) is 0 Å². The lowest BCUT2D eigenvalue weighted by Gasteiger charge is -2.16. The predicted molar refractivity (Wildman–Crippen MR) is 95.2 cm³/mol. The minimum Gasteiger partial charge on any atom is -0.361 e. The van der Waals surface area contributed by atoms with Crippen molar-refractivity contribution in [2.45, 2.75) is 32.6 Å². The molecule has 7 heteroatoms. The van der Waals surface area contributed by atoms with Crippen molar-refractivity contribution in [2.75, 3.05) is 5.75 Å². The molecular formula is C16H18Cl2N2O2S. The fraction of sp³-hybridized carbons (Fsp3) is 0.375. The highest BCUT2D eigenvalue weighted by Gasteiger charge is 2.14. The highest BCUT2D eigenvalue weighted by atomic mass is 35.5. The fourth-order valence-electron chi connectivity index (χ4n) is 2.17. The van der Waals surface area contributed by atoms with E-state index in [0.29, 0.717) is 21.6 Å². The number of hydrogen-bond acceptors (Lipinski definition) is 4. The lowest BCUT2D eigenvalue weighted by molar-refractivity contribution is -0.119. The lowest BCUT2D eigenvalue weighted by Crippen LogP contribution is -2.28. The molecule has 0 fully saturated rings. The Bertz CT molecular complexity index is 684. The minimum atomic E-state index is -0.174. The van der Waals surface area contributed by atoms with Gasteiger partial charge >= 0.3 is 0 Å². The molecule has 0 aliphatic rings. The molecule has 1 unspecified atom stereocenters. The van der Waals surface area contributed by atoms with Gasteiger partial charge in [-0.15, -0.1) is 11.8 Å². The van der Waals surface area contributed by atoms with Crippen molar-refractivity contribution in [2.24, 2.45) is 0 Å². The van der Waals surface area contributed by atoms with E-state index in [1.165, 1.54) is 11.8 Å². The van der Waals surface area contributed by atoms with Crippen LogP contribution in [0.2, 0.25) is 10.0 Å². The molecule has 2 rings (SSSR count). The molecule has 4 nitrogen and oxygen atoms in total. The Hall–Kier alpha value is -1.17. The van der Waals surface area contributed by atoms with E-state index >= 15 is 0 Å². The number of hydrogen-bond donors (Lipinski definition) is 1. The van der Waals surface area contributed by atoms with Gasteiger partial charge in [0.05, 0.1) is 17.5 Å². The number of rotatable bonds is 6. The number of aromatic nitrogens is 1. The summed E-state index contributed by atoms with van der Waals surface area (Å²) >= 11 is 13.6. The summed E-state index contributed by atoms with van der Waals surface area (Å²) in [6, 6.07) is 5.09. The zero-order chi connectivity index (χ0) is 17.0. The van der Waals surface area contributed by atoms with E-state index in [1.54, 1.807) is 12.1 Å². The second-order valence-corrected chi connectivity index (χ2v) is 7.08. The van der Waals surface area contributed by atoms with Crippen molar-refractivity contribution >= 4 is 40.9 Å². The van der Waals surface area contributed by atoms with Crippen LogP contribution in [0.3, 0.4) is 0 Å². The summed E-state index contributed by atoms with van der Waals surface area (Å²) in [5.41, 5.74) is 2.77. The average Bonchev–Trinajstić information content (AvgIpc) is 2.78. The normalized spacial score (nSPS) is 12.2. The summed E-state index contributed by atoms with van der Waals surface area (Å²) in [7, 11) is 0. The van der Waals surface area contributed by atoms with Crippen LogP contribution in [0.15, 0.2) is 22.7 Å². The van der Waals surface area contributed by atoms with Gasteiger partial charge in [-0.1, -0.05) is 34.4 Å². The van der Waals surface area contributed by atoms with Crippen LogP contribution in [0.1, 0.15) is 35.5 Å². The molecule has 1 aromatic heterocycles. The van der Waals surface area contributed by atoms with Gasteiger partial charge in [-0.3, -0.25) is 4.79 Å².